The Morgan fingerprint density at radius 3 is 2.50 bits per heavy atom. The van der Waals surface area contributed by atoms with E-state index in [1.165, 1.54) is 6.07 Å². The van der Waals surface area contributed by atoms with Gasteiger partial charge in [0, 0.05) is 13.6 Å². The Kier molecular flexibility index (Phi) is 5.49. The summed E-state index contributed by atoms with van der Waals surface area (Å²) in [6, 6.07) is 14.5. The van der Waals surface area contributed by atoms with Gasteiger partial charge in [-0.2, -0.15) is 5.10 Å². The molecule has 3 rings (SSSR count). The van der Waals surface area contributed by atoms with Gasteiger partial charge < -0.3 is 9.30 Å². The highest BCUT2D eigenvalue weighted by Gasteiger charge is 2.14. The van der Waals surface area contributed by atoms with Gasteiger partial charge in [0.25, 0.3) is 0 Å². The zero-order valence-corrected chi connectivity index (χ0v) is 15.8. The van der Waals surface area contributed by atoms with Crippen LogP contribution >= 0.6 is 12.2 Å². The van der Waals surface area contributed by atoms with Crippen LogP contribution in [0.1, 0.15) is 5.56 Å². The SMILES string of the molecule is COc1ccc(CN(C)Cn2nc(-c3ccccc3F)n(C)c2=S)cc1. The molecule has 5 nitrogen and oxygen atoms in total. The van der Waals surface area contributed by atoms with E-state index >= 15 is 0 Å². The lowest BCUT2D eigenvalue weighted by atomic mass is 10.2. The minimum Gasteiger partial charge on any atom is -0.497 e. The van der Waals surface area contributed by atoms with Crippen LogP contribution in [-0.4, -0.2) is 33.4 Å². The maximum Gasteiger partial charge on any atom is 0.199 e. The smallest absolute Gasteiger partial charge is 0.199 e. The topological polar surface area (TPSA) is 35.2 Å². The van der Waals surface area contributed by atoms with Gasteiger partial charge in [-0.25, -0.2) is 9.07 Å². The molecule has 1 heterocycles. The summed E-state index contributed by atoms with van der Waals surface area (Å²) in [5.41, 5.74) is 1.60. The molecular weight excluding hydrogens is 351 g/mol. The number of ether oxygens (including phenoxy) is 1. The van der Waals surface area contributed by atoms with Crippen LogP contribution in [0.4, 0.5) is 4.39 Å². The average Bonchev–Trinajstić information content (AvgIpc) is 2.91. The standard InChI is InChI=1S/C19H21FN4OS/c1-22(12-14-8-10-15(25-3)11-9-14)13-24-19(26)23(2)18(21-24)16-6-4-5-7-17(16)20/h4-11H,12-13H2,1-3H3. The highest BCUT2D eigenvalue weighted by molar-refractivity contribution is 7.71. The summed E-state index contributed by atoms with van der Waals surface area (Å²) in [6.45, 7) is 1.24. The van der Waals surface area contributed by atoms with Gasteiger partial charge in [-0.15, -0.1) is 0 Å². The van der Waals surface area contributed by atoms with Crippen LogP contribution in [0.3, 0.4) is 0 Å². The fourth-order valence-corrected chi connectivity index (χ4v) is 2.96. The third-order valence-corrected chi connectivity index (χ3v) is 4.63. The Morgan fingerprint density at radius 1 is 1.15 bits per heavy atom. The molecule has 1 aromatic heterocycles. The van der Waals surface area contributed by atoms with Crippen molar-refractivity contribution in [2.24, 2.45) is 7.05 Å². The number of hydrogen-bond acceptors (Lipinski definition) is 4. The van der Waals surface area contributed by atoms with Gasteiger partial charge in [-0.3, -0.25) is 4.90 Å². The molecule has 0 unspecified atom stereocenters. The summed E-state index contributed by atoms with van der Waals surface area (Å²) in [7, 11) is 5.44. The van der Waals surface area contributed by atoms with Crippen LogP contribution in [0.15, 0.2) is 48.5 Å². The van der Waals surface area contributed by atoms with Gasteiger partial charge in [0.1, 0.15) is 11.6 Å². The molecule has 0 saturated carbocycles. The number of hydrogen-bond donors (Lipinski definition) is 0. The summed E-state index contributed by atoms with van der Waals surface area (Å²) in [4.78, 5) is 2.09. The zero-order valence-electron chi connectivity index (χ0n) is 15.0. The van der Waals surface area contributed by atoms with Gasteiger partial charge in [-0.1, -0.05) is 24.3 Å². The molecule has 0 atom stereocenters. The number of halogens is 1. The van der Waals surface area contributed by atoms with E-state index in [1.807, 2.05) is 31.3 Å². The summed E-state index contributed by atoms with van der Waals surface area (Å²) in [5.74, 6) is 1.04. The predicted octanol–water partition coefficient (Wildman–Crippen LogP) is 3.86. The quantitative estimate of drug-likeness (QED) is 0.616. The van der Waals surface area contributed by atoms with Crippen LogP contribution in [0.5, 0.6) is 5.75 Å². The molecule has 0 aliphatic rings. The number of benzene rings is 2. The molecule has 0 aliphatic carbocycles. The normalized spacial score (nSPS) is 11.1. The van der Waals surface area contributed by atoms with E-state index < -0.39 is 0 Å². The van der Waals surface area contributed by atoms with Crippen LogP contribution in [0.2, 0.25) is 0 Å². The minimum atomic E-state index is -0.311. The van der Waals surface area contributed by atoms with Crippen molar-refractivity contribution in [1.82, 2.24) is 19.2 Å². The first-order chi connectivity index (χ1) is 12.5. The molecule has 0 spiro atoms. The third kappa shape index (κ3) is 3.84. The number of nitrogens with zero attached hydrogens (tertiary/aromatic N) is 4. The fourth-order valence-electron chi connectivity index (χ4n) is 2.78. The lowest BCUT2D eigenvalue weighted by Gasteiger charge is -2.16. The second-order valence-corrected chi connectivity index (χ2v) is 6.51. The highest BCUT2D eigenvalue weighted by Crippen LogP contribution is 2.21. The molecule has 26 heavy (non-hydrogen) atoms. The second-order valence-electron chi connectivity index (χ2n) is 6.15. The zero-order chi connectivity index (χ0) is 18.7. The summed E-state index contributed by atoms with van der Waals surface area (Å²) in [6.07, 6.45) is 0. The van der Waals surface area contributed by atoms with E-state index in [9.17, 15) is 4.39 Å². The van der Waals surface area contributed by atoms with E-state index in [4.69, 9.17) is 17.0 Å². The van der Waals surface area contributed by atoms with Crippen molar-refractivity contribution in [1.29, 1.82) is 0 Å². The van der Waals surface area contributed by atoms with Gasteiger partial charge in [0.2, 0.25) is 0 Å². The summed E-state index contributed by atoms with van der Waals surface area (Å²) in [5, 5.41) is 4.52. The number of aromatic nitrogens is 3. The van der Waals surface area contributed by atoms with Gasteiger partial charge >= 0.3 is 0 Å². The predicted molar refractivity (Wildman–Crippen MR) is 102 cm³/mol. The van der Waals surface area contributed by atoms with Gasteiger partial charge in [-0.05, 0) is 49.1 Å². The van der Waals surface area contributed by atoms with Crippen molar-refractivity contribution in [3.8, 4) is 17.1 Å². The third-order valence-electron chi connectivity index (χ3n) is 4.14. The van der Waals surface area contributed by atoms with Gasteiger partial charge in [0.05, 0.1) is 19.3 Å². The first-order valence-electron chi connectivity index (χ1n) is 8.20. The molecule has 3 aromatic rings. The lowest BCUT2D eigenvalue weighted by Crippen LogP contribution is -2.22. The van der Waals surface area contributed by atoms with Gasteiger partial charge in [0.15, 0.2) is 10.6 Å². The van der Waals surface area contributed by atoms with Crippen molar-refractivity contribution >= 4 is 12.2 Å². The average molecular weight is 372 g/mol. The second kappa shape index (κ2) is 7.80. The van der Waals surface area contributed by atoms with Crippen molar-refractivity contribution in [3.05, 3.63) is 64.7 Å². The maximum atomic E-state index is 14.1. The largest absolute Gasteiger partial charge is 0.497 e. The van der Waals surface area contributed by atoms with Crippen LogP contribution < -0.4 is 4.74 Å². The van der Waals surface area contributed by atoms with Crippen molar-refractivity contribution in [3.63, 3.8) is 0 Å². The van der Waals surface area contributed by atoms with Crippen LogP contribution in [0, 0.1) is 10.6 Å². The van der Waals surface area contributed by atoms with E-state index in [2.05, 4.69) is 10.00 Å². The molecule has 0 fully saturated rings. The first-order valence-corrected chi connectivity index (χ1v) is 8.60. The minimum absolute atomic E-state index is 0.311. The van der Waals surface area contributed by atoms with E-state index in [1.54, 1.807) is 41.6 Å². The lowest BCUT2D eigenvalue weighted by molar-refractivity contribution is 0.244. The Morgan fingerprint density at radius 2 is 1.85 bits per heavy atom. The van der Waals surface area contributed by atoms with Crippen LogP contribution in [0.25, 0.3) is 11.4 Å². The molecule has 0 amide bonds. The fraction of sp³-hybridized carbons (Fsp3) is 0.263. The monoisotopic (exact) mass is 372 g/mol. The van der Waals surface area contributed by atoms with E-state index in [0.717, 1.165) is 17.9 Å². The molecule has 0 bridgehead atoms. The number of methoxy groups -OCH3 is 1. The first kappa shape index (κ1) is 18.3. The Bertz CT molecular complexity index is 949. The Hall–Kier alpha value is -2.51. The molecule has 0 N–H and O–H groups in total. The van der Waals surface area contributed by atoms with E-state index in [0.29, 0.717) is 22.8 Å². The van der Waals surface area contributed by atoms with E-state index in [-0.39, 0.29) is 5.82 Å². The maximum absolute atomic E-state index is 14.1. The Balaban J connectivity index is 1.78. The van der Waals surface area contributed by atoms with Crippen molar-refractivity contribution in [2.45, 2.75) is 13.2 Å². The molecule has 2 aromatic carbocycles. The molecule has 0 radical (unpaired) electrons. The molecule has 0 aliphatic heterocycles. The molecule has 136 valence electrons. The molecular formula is C19H21FN4OS. The molecule has 7 heteroatoms. The summed E-state index contributed by atoms with van der Waals surface area (Å²) < 4.78 is 23.3. The molecule has 0 saturated heterocycles. The van der Waals surface area contributed by atoms with Crippen molar-refractivity contribution < 1.29 is 9.13 Å². The Labute approximate surface area is 157 Å². The van der Waals surface area contributed by atoms with Crippen molar-refractivity contribution in [2.75, 3.05) is 14.2 Å². The summed E-state index contributed by atoms with van der Waals surface area (Å²) >= 11 is 5.47. The van der Waals surface area contributed by atoms with Crippen LogP contribution in [-0.2, 0) is 20.3 Å². The highest BCUT2D eigenvalue weighted by atomic mass is 32.1. The number of rotatable bonds is 6.